The number of sulfonamides is 1. The summed E-state index contributed by atoms with van der Waals surface area (Å²) in [5.74, 6) is -0.464. The highest BCUT2D eigenvalue weighted by Crippen LogP contribution is 1.98. The quantitative estimate of drug-likeness (QED) is 0.680. The highest BCUT2D eigenvalue weighted by atomic mass is 32.2. The SMILES string of the molecule is CCN(CCCNC(=O)c1ccc[nH]c1=O)S(C)(=O)=O. The Hall–Kier alpha value is -1.67. The van der Waals surface area contributed by atoms with Crippen LogP contribution in [0.2, 0.25) is 0 Å². The summed E-state index contributed by atoms with van der Waals surface area (Å²) in [6, 6.07) is 3.00. The summed E-state index contributed by atoms with van der Waals surface area (Å²) in [7, 11) is -3.21. The Morgan fingerprint density at radius 3 is 2.70 bits per heavy atom. The molecule has 0 aliphatic heterocycles. The number of nitrogens with zero attached hydrogens (tertiary/aromatic N) is 1. The highest BCUT2D eigenvalue weighted by Gasteiger charge is 2.14. The Morgan fingerprint density at radius 1 is 1.45 bits per heavy atom. The molecule has 0 aliphatic carbocycles. The monoisotopic (exact) mass is 301 g/mol. The van der Waals surface area contributed by atoms with Crippen LogP contribution in [-0.2, 0) is 10.0 Å². The van der Waals surface area contributed by atoms with Crippen LogP contribution in [0, 0.1) is 0 Å². The molecule has 0 saturated heterocycles. The molecule has 0 aromatic carbocycles. The molecule has 0 atom stereocenters. The minimum Gasteiger partial charge on any atom is -0.352 e. The van der Waals surface area contributed by atoms with E-state index in [4.69, 9.17) is 0 Å². The van der Waals surface area contributed by atoms with E-state index in [-0.39, 0.29) is 5.56 Å². The first-order valence-electron chi connectivity index (χ1n) is 6.27. The van der Waals surface area contributed by atoms with Crippen LogP contribution in [0.3, 0.4) is 0 Å². The summed E-state index contributed by atoms with van der Waals surface area (Å²) in [6.07, 6.45) is 3.08. The van der Waals surface area contributed by atoms with Gasteiger partial charge in [-0.25, -0.2) is 12.7 Å². The van der Waals surface area contributed by atoms with E-state index in [0.29, 0.717) is 26.1 Å². The molecule has 0 spiro atoms. The smallest absolute Gasteiger partial charge is 0.260 e. The second-order valence-electron chi connectivity index (χ2n) is 4.28. The molecule has 1 heterocycles. The minimum absolute atomic E-state index is 0.0444. The number of pyridine rings is 1. The molecule has 7 nitrogen and oxygen atoms in total. The van der Waals surface area contributed by atoms with Crippen LogP contribution >= 0.6 is 0 Å². The number of hydrogen-bond donors (Lipinski definition) is 2. The van der Waals surface area contributed by atoms with E-state index >= 15 is 0 Å². The molecule has 112 valence electrons. The largest absolute Gasteiger partial charge is 0.352 e. The van der Waals surface area contributed by atoms with Gasteiger partial charge in [0.2, 0.25) is 10.0 Å². The van der Waals surface area contributed by atoms with Crippen LogP contribution in [0.5, 0.6) is 0 Å². The Labute approximate surface area is 118 Å². The zero-order valence-corrected chi connectivity index (χ0v) is 12.4. The first kappa shape index (κ1) is 16.4. The zero-order valence-electron chi connectivity index (χ0n) is 11.5. The van der Waals surface area contributed by atoms with E-state index in [2.05, 4.69) is 10.3 Å². The number of nitrogens with one attached hydrogen (secondary N) is 2. The van der Waals surface area contributed by atoms with Crippen molar-refractivity contribution in [2.45, 2.75) is 13.3 Å². The van der Waals surface area contributed by atoms with Gasteiger partial charge in [-0.1, -0.05) is 6.92 Å². The normalized spacial score (nSPS) is 11.6. The average Bonchev–Trinajstić information content (AvgIpc) is 2.37. The molecular weight excluding hydrogens is 282 g/mol. The summed E-state index contributed by atoms with van der Waals surface area (Å²) in [5.41, 5.74) is -0.403. The first-order chi connectivity index (χ1) is 9.36. The summed E-state index contributed by atoms with van der Waals surface area (Å²) in [4.78, 5) is 25.5. The third kappa shape index (κ3) is 4.78. The first-order valence-corrected chi connectivity index (χ1v) is 8.12. The topological polar surface area (TPSA) is 99.3 Å². The van der Waals surface area contributed by atoms with E-state index in [0.717, 1.165) is 6.26 Å². The Kier molecular flexibility index (Phi) is 5.90. The van der Waals surface area contributed by atoms with Gasteiger partial charge < -0.3 is 10.3 Å². The molecule has 20 heavy (non-hydrogen) atoms. The van der Waals surface area contributed by atoms with Crippen LogP contribution in [0.1, 0.15) is 23.7 Å². The van der Waals surface area contributed by atoms with Crippen molar-refractivity contribution >= 4 is 15.9 Å². The molecule has 0 bridgehead atoms. The Bertz CT molecular complexity index is 609. The highest BCUT2D eigenvalue weighted by molar-refractivity contribution is 7.88. The van der Waals surface area contributed by atoms with E-state index in [1.807, 2.05) is 0 Å². The molecule has 8 heteroatoms. The molecular formula is C12H19N3O4S. The van der Waals surface area contributed by atoms with Crippen LogP contribution in [0.15, 0.2) is 23.1 Å². The summed E-state index contributed by atoms with van der Waals surface area (Å²) >= 11 is 0. The molecule has 0 fully saturated rings. The Morgan fingerprint density at radius 2 is 2.15 bits per heavy atom. The maximum Gasteiger partial charge on any atom is 0.260 e. The fraction of sp³-hybridized carbons (Fsp3) is 0.500. The van der Waals surface area contributed by atoms with Gasteiger partial charge >= 0.3 is 0 Å². The average molecular weight is 301 g/mol. The van der Waals surface area contributed by atoms with Crippen LogP contribution in [-0.4, -0.2) is 49.5 Å². The number of amides is 1. The number of H-pyrrole nitrogens is 1. The predicted octanol–water partition coefficient (Wildman–Crippen LogP) is -0.224. The number of hydrogen-bond acceptors (Lipinski definition) is 4. The van der Waals surface area contributed by atoms with Gasteiger partial charge in [-0.3, -0.25) is 9.59 Å². The summed E-state index contributed by atoms with van der Waals surface area (Å²) in [5, 5.41) is 2.59. The number of aromatic amines is 1. The van der Waals surface area contributed by atoms with E-state index in [9.17, 15) is 18.0 Å². The van der Waals surface area contributed by atoms with Gasteiger partial charge in [-0.2, -0.15) is 0 Å². The van der Waals surface area contributed by atoms with Gasteiger partial charge in [0.1, 0.15) is 5.56 Å². The van der Waals surface area contributed by atoms with E-state index in [1.165, 1.54) is 16.6 Å². The van der Waals surface area contributed by atoms with Crippen LogP contribution in [0.4, 0.5) is 0 Å². The molecule has 1 aromatic rings. The van der Waals surface area contributed by atoms with Crippen LogP contribution < -0.4 is 10.9 Å². The lowest BCUT2D eigenvalue weighted by Crippen LogP contribution is -2.34. The third-order valence-electron chi connectivity index (χ3n) is 2.75. The fourth-order valence-electron chi connectivity index (χ4n) is 1.71. The van der Waals surface area contributed by atoms with Crippen molar-refractivity contribution in [1.82, 2.24) is 14.6 Å². The van der Waals surface area contributed by atoms with Gasteiger partial charge in [0, 0.05) is 25.8 Å². The van der Waals surface area contributed by atoms with Gasteiger partial charge in [0.15, 0.2) is 0 Å². The lowest BCUT2D eigenvalue weighted by Gasteiger charge is -2.17. The standard InChI is InChI=1S/C12H19N3O4S/c1-3-15(20(2,18)19)9-5-8-14-12(17)10-6-4-7-13-11(10)16/h4,6-7H,3,5,8-9H2,1-2H3,(H,13,16)(H,14,17). The maximum atomic E-state index is 11.7. The van der Waals surface area contributed by atoms with Gasteiger partial charge in [0.25, 0.3) is 11.5 Å². The molecule has 2 N–H and O–H groups in total. The number of rotatable bonds is 7. The number of carbonyl (C=O) groups is 1. The molecule has 0 aliphatic rings. The lowest BCUT2D eigenvalue weighted by molar-refractivity contribution is 0.0951. The van der Waals surface area contributed by atoms with Crippen molar-refractivity contribution in [3.05, 3.63) is 34.2 Å². The van der Waals surface area contributed by atoms with Crippen molar-refractivity contribution in [2.75, 3.05) is 25.9 Å². The van der Waals surface area contributed by atoms with Crippen molar-refractivity contribution < 1.29 is 13.2 Å². The van der Waals surface area contributed by atoms with Gasteiger partial charge in [0.05, 0.1) is 6.26 Å². The molecule has 0 saturated carbocycles. The van der Waals surface area contributed by atoms with Crippen molar-refractivity contribution in [3.63, 3.8) is 0 Å². The fourth-order valence-corrected chi connectivity index (χ4v) is 2.64. The molecule has 1 rings (SSSR count). The molecule has 0 radical (unpaired) electrons. The predicted molar refractivity (Wildman–Crippen MR) is 76.1 cm³/mol. The van der Waals surface area contributed by atoms with Crippen molar-refractivity contribution in [2.24, 2.45) is 0 Å². The third-order valence-corrected chi connectivity index (χ3v) is 4.13. The Balaban J connectivity index is 2.44. The van der Waals surface area contributed by atoms with E-state index in [1.54, 1.807) is 13.0 Å². The summed E-state index contributed by atoms with van der Waals surface area (Å²) in [6.45, 7) is 2.79. The van der Waals surface area contributed by atoms with Crippen LogP contribution in [0.25, 0.3) is 0 Å². The number of carbonyl (C=O) groups excluding carboxylic acids is 1. The van der Waals surface area contributed by atoms with Gasteiger partial charge in [-0.05, 0) is 18.6 Å². The van der Waals surface area contributed by atoms with Crippen molar-refractivity contribution in [1.29, 1.82) is 0 Å². The van der Waals surface area contributed by atoms with E-state index < -0.39 is 21.5 Å². The molecule has 1 amide bonds. The molecule has 1 aromatic heterocycles. The second-order valence-corrected chi connectivity index (χ2v) is 6.26. The summed E-state index contributed by atoms with van der Waals surface area (Å²) < 4.78 is 24.0. The van der Waals surface area contributed by atoms with Crippen molar-refractivity contribution in [3.8, 4) is 0 Å². The number of aromatic nitrogens is 1. The lowest BCUT2D eigenvalue weighted by atomic mass is 10.2. The maximum absolute atomic E-state index is 11.7. The zero-order chi connectivity index (χ0) is 15.2. The minimum atomic E-state index is -3.21. The van der Waals surface area contributed by atoms with Gasteiger partial charge in [-0.15, -0.1) is 0 Å². The molecule has 0 unspecified atom stereocenters. The second kappa shape index (κ2) is 7.20.